The number of ether oxygens (including phenoxy) is 1. The monoisotopic (exact) mass is 350 g/mol. The number of esters is 1. The summed E-state index contributed by atoms with van der Waals surface area (Å²) >= 11 is 3.20. The van der Waals surface area contributed by atoms with Gasteiger partial charge in [0.1, 0.15) is 11.4 Å². The second-order valence-corrected chi connectivity index (χ2v) is 6.68. The molecule has 19 heavy (non-hydrogen) atoms. The Hall–Kier alpha value is -1.12. The lowest BCUT2D eigenvalue weighted by molar-refractivity contribution is -0.143. The van der Waals surface area contributed by atoms with Crippen molar-refractivity contribution < 1.29 is 17.9 Å². The van der Waals surface area contributed by atoms with Gasteiger partial charge in [0.2, 0.25) is 10.0 Å². The first kappa shape index (κ1) is 15.9. The van der Waals surface area contributed by atoms with E-state index in [2.05, 4.69) is 15.9 Å². The molecule has 1 rings (SSSR count). The van der Waals surface area contributed by atoms with Crippen LogP contribution in [0, 0.1) is 0 Å². The molecule has 0 aliphatic heterocycles. The van der Waals surface area contributed by atoms with E-state index >= 15 is 0 Å². The largest absolute Gasteiger partial charge is 0.465 e. The second kappa shape index (κ2) is 6.36. The van der Waals surface area contributed by atoms with Crippen LogP contribution in [-0.4, -0.2) is 38.9 Å². The molecule has 106 valence electrons. The lowest BCUT2D eigenvalue weighted by atomic mass is 10.3. The van der Waals surface area contributed by atoms with Crippen LogP contribution in [-0.2, 0) is 19.6 Å². The molecule has 0 saturated carbocycles. The SMILES string of the molecule is CCOC(=O)CN(C)S(=O)(=O)c1ccc(Br)cc1N. The van der Waals surface area contributed by atoms with E-state index in [1.807, 2.05) is 0 Å². The summed E-state index contributed by atoms with van der Waals surface area (Å²) in [5.41, 5.74) is 5.80. The van der Waals surface area contributed by atoms with Crippen LogP contribution in [0.4, 0.5) is 5.69 Å². The molecule has 0 atom stereocenters. The van der Waals surface area contributed by atoms with Gasteiger partial charge in [0.15, 0.2) is 0 Å². The molecule has 0 aromatic heterocycles. The van der Waals surface area contributed by atoms with E-state index in [-0.39, 0.29) is 23.7 Å². The number of hydrogen-bond acceptors (Lipinski definition) is 5. The van der Waals surface area contributed by atoms with E-state index in [9.17, 15) is 13.2 Å². The zero-order chi connectivity index (χ0) is 14.6. The first-order chi connectivity index (χ1) is 8.78. The second-order valence-electron chi connectivity index (χ2n) is 3.75. The van der Waals surface area contributed by atoms with Gasteiger partial charge in [-0.2, -0.15) is 4.31 Å². The maximum Gasteiger partial charge on any atom is 0.321 e. The van der Waals surface area contributed by atoms with Crippen LogP contribution >= 0.6 is 15.9 Å². The number of nitrogen functional groups attached to an aromatic ring is 1. The van der Waals surface area contributed by atoms with Crippen LogP contribution < -0.4 is 5.73 Å². The number of nitrogens with two attached hydrogens (primary N) is 1. The Morgan fingerprint density at radius 3 is 2.63 bits per heavy atom. The summed E-state index contributed by atoms with van der Waals surface area (Å²) in [5.74, 6) is -0.607. The first-order valence-corrected chi connectivity index (χ1v) is 7.69. The van der Waals surface area contributed by atoms with Crippen molar-refractivity contribution in [2.75, 3.05) is 25.9 Å². The molecule has 2 N–H and O–H groups in total. The smallest absolute Gasteiger partial charge is 0.321 e. The fourth-order valence-electron chi connectivity index (χ4n) is 1.40. The van der Waals surface area contributed by atoms with Crippen molar-refractivity contribution >= 4 is 37.6 Å². The van der Waals surface area contributed by atoms with E-state index in [1.165, 1.54) is 19.2 Å². The van der Waals surface area contributed by atoms with Gasteiger partial charge >= 0.3 is 5.97 Å². The highest BCUT2D eigenvalue weighted by Gasteiger charge is 2.25. The quantitative estimate of drug-likeness (QED) is 0.636. The maximum absolute atomic E-state index is 12.2. The Balaban J connectivity index is 3.00. The predicted octanol–water partition coefficient (Wildman–Crippen LogP) is 1.21. The Kier molecular flexibility index (Phi) is 5.33. The standard InChI is InChI=1S/C11H15BrN2O4S/c1-3-18-11(15)7-14(2)19(16,17)10-5-4-8(12)6-9(10)13/h4-6H,3,7,13H2,1-2H3. The van der Waals surface area contributed by atoms with Gasteiger partial charge in [-0.3, -0.25) is 4.79 Å². The molecule has 8 heteroatoms. The summed E-state index contributed by atoms with van der Waals surface area (Å²) in [6.07, 6.45) is 0. The van der Waals surface area contributed by atoms with Gasteiger partial charge in [-0.1, -0.05) is 15.9 Å². The molecular formula is C11H15BrN2O4S. The number of nitrogens with zero attached hydrogens (tertiary/aromatic N) is 1. The molecule has 1 aromatic rings. The summed E-state index contributed by atoms with van der Waals surface area (Å²) in [7, 11) is -2.51. The Morgan fingerprint density at radius 1 is 1.47 bits per heavy atom. The van der Waals surface area contributed by atoms with E-state index in [1.54, 1.807) is 13.0 Å². The average Bonchev–Trinajstić information content (AvgIpc) is 2.28. The van der Waals surface area contributed by atoms with Gasteiger partial charge in [-0.05, 0) is 25.1 Å². The Bertz CT molecular complexity index is 574. The zero-order valence-corrected chi connectivity index (χ0v) is 13.0. The number of sulfonamides is 1. The maximum atomic E-state index is 12.2. The van der Waals surface area contributed by atoms with Gasteiger partial charge < -0.3 is 10.5 Å². The lowest BCUT2D eigenvalue weighted by Gasteiger charge is -2.17. The predicted molar refractivity (Wildman–Crippen MR) is 75.0 cm³/mol. The number of benzene rings is 1. The van der Waals surface area contributed by atoms with Gasteiger partial charge in [0.05, 0.1) is 12.3 Å². The zero-order valence-electron chi connectivity index (χ0n) is 10.6. The van der Waals surface area contributed by atoms with Crippen molar-refractivity contribution in [3.63, 3.8) is 0 Å². The van der Waals surface area contributed by atoms with E-state index in [0.717, 1.165) is 4.31 Å². The van der Waals surface area contributed by atoms with Crippen LogP contribution in [0.5, 0.6) is 0 Å². The highest BCUT2D eigenvalue weighted by molar-refractivity contribution is 9.10. The van der Waals surface area contributed by atoms with E-state index < -0.39 is 16.0 Å². The highest BCUT2D eigenvalue weighted by atomic mass is 79.9. The van der Waals surface area contributed by atoms with Crippen molar-refractivity contribution in [1.82, 2.24) is 4.31 Å². The molecule has 0 aliphatic carbocycles. The molecule has 0 aliphatic rings. The normalized spacial score (nSPS) is 11.6. The molecule has 0 saturated heterocycles. The van der Waals surface area contributed by atoms with Gasteiger partial charge in [0.25, 0.3) is 0 Å². The molecule has 0 unspecified atom stereocenters. The van der Waals surface area contributed by atoms with E-state index in [0.29, 0.717) is 4.47 Å². The number of carbonyl (C=O) groups is 1. The van der Waals surface area contributed by atoms with Crippen LogP contribution in [0.25, 0.3) is 0 Å². The first-order valence-electron chi connectivity index (χ1n) is 5.46. The van der Waals surface area contributed by atoms with Crippen LogP contribution in [0.3, 0.4) is 0 Å². The number of carbonyl (C=O) groups excluding carboxylic acids is 1. The summed E-state index contributed by atoms with van der Waals surface area (Å²) in [5, 5.41) is 0. The molecule has 1 aromatic carbocycles. The van der Waals surface area contributed by atoms with E-state index in [4.69, 9.17) is 10.5 Å². The van der Waals surface area contributed by atoms with Crippen molar-refractivity contribution in [2.24, 2.45) is 0 Å². The molecular weight excluding hydrogens is 336 g/mol. The topological polar surface area (TPSA) is 89.7 Å². The third-order valence-corrected chi connectivity index (χ3v) is 4.69. The third-order valence-electron chi connectivity index (χ3n) is 2.32. The van der Waals surface area contributed by atoms with Gasteiger partial charge in [-0.15, -0.1) is 0 Å². The highest BCUT2D eigenvalue weighted by Crippen LogP contribution is 2.24. The summed E-state index contributed by atoms with van der Waals surface area (Å²) in [6, 6.07) is 4.45. The van der Waals surface area contributed by atoms with Crippen molar-refractivity contribution in [2.45, 2.75) is 11.8 Å². The minimum Gasteiger partial charge on any atom is -0.465 e. The number of halogens is 1. The number of anilines is 1. The van der Waals surface area contributed by atoms with Crippen LogP contribution in [0.15, 0.2) is 27.6 Å². The molecule has 0 bridgehead atoms. The van der Waals surface area contributed by atoms with Crippen LogP contribution in [0.2, 0.25) is 0 Å². The fraction of sp³-hybridized carbons (Fsp3) is 0.364. The molecule has 0 amide bonds. The van der Waals surface area contributed by atoms with Gasteiger partial charge in [-0.25, -0.2) is 8.42 Å². The minimum absolute atomic E-state index is 0.0394. The van der Waals surface area contributed by atoms with Crippen molar-refractivity contribution in [3.05, 3.63) is 22.7 Å². The van der Waals surface area contributed by atoms with Crippen molar-refractivity contribution in [3.8, 4) is 0 Å². The van der Waals surface area contributed by atoms with Gasteiger partial charge in [0, 0.05) is 11.5 Å². The summed E-state index contributed by atoms with van der Waals surface area (Å²) in [4.78, 5) is 11.3. The molecule has 0 heterocycles. The lowest BCUT2D eigenvalue weighted by Crippen LogP contribution is -2.33. The molecule has 0 radical (unpaired) electrons. The Morgan fingerprint density at radius 2 is 2.11 bits per heavy atom. The average molecular weight is 351 g/mol. The molecule has 0 spiro atoms. The molecule has 6 nitrogen and oxygen atoms in total. The molecule has 0 fully saturated rings. The third kappa shape index (κ3) is 3.92. The number of rotatable bonds is 5. The minimum atomic E-state index is -3.81. The van der Waals surface area contributed by atoms with Crippen LogP contribution in [0.1, 0.15) is 6.92 Å². The fourth-order valence-corrected chi connectivity index (χ4v) is 2.98. The van der Waals surface area contributed by atoms with Crippen molar-refractivity contribution in [1.29, 1.82) is 0 Å². The Labute approximate surface area is 120 Å². The summed E-state index contributed by atoms with van der Waals surface area (Å²) < 4.78 is 30.7. The summed E-state index contributed by atoms with van der Waals surface area (Å²) in [6.45, 7) is 1.50. The number of likely N-dealkylation sites (N-methyl/N-ethyl adjacent to an activating group) is 1. The number of hydrogen-bond donors (Lipinski definition) is 1.